The normalized spacial score (nSPS) is 17.4. The molecule has 0 saturated carbocycles. The third kappa shape index (κ3) is 7.65. The van der Waals surface area contributed by atoms with E-state index in [0.717, 1.165) is 53.5 Å². The van der Waals surface area contributed by atoms with Crippen molar-refractivity contribution in [1.29, 1.82) is 0 Å². The van der Waals surface area contributed by atoms with E-state index in [2.05, 4.69) is 27.6 Å². The Morgan fingerprint density at radius 2 is 2.11 bits per heavy atom. The molecule has 2 aromatic rings. The number of amides is 1. The zero-order valence-corrected chi connectivity index (χ0v) is 22.7. The molecular formula is C25H29Cl2N3O3S2. The van der Waals surface area contributed by atoms with Crippen LogP contribution in [0.25, 0.3) is 10.8 Å². The summed E-state index contributed by atoms with van der Waals surface area (Å²) in [6, 6.07) is 9.32. The molecule has 10 heteroatoms. The fraction of sp³-hybridized carbons (Fsp3) is 0.360. The van der Waals surface area contributed by atoms with Gasteiger partial charge in [0.05, 0.1) is 10.3 Å². The lowest BCUT2D eigenvalue weighted by Crippen LogP contribution is -2.37. The highest BCUT2D eigenvalue weighted by atomic mass is 35.5. The average Bonchev–Trinajstić information content (AvgIpc) is 2.87. The number of carbonyl (C=O) groups excluding carboxylic acids is 2. The van der Waals surface area contributed by atoms with Crippen LogP contribution in [0.15, 0.2) is 51.2 Å². The number of carbonyl (C=O) groups is 2. The summed E-state index contributed by atoms with van der Waals surface area (Å²) in [5, 5.41) is 8.11. The lowest BCUT2D eigenvalue weighted by Gasteiger charge is -2.31. The summed E-state index contributed by atoms with van der Waals surface area (Å²) in [7, 11) is 1.67. The number of piperidine rings is 1. The largest absolute Gasteiger partial charge is 0.385 e. The van der Waals surface area contributed by atoms with E-state index in [4.69, 9.17) is 27.9 Å². The van der Waals surface area contributed by atoms with Crippen LogP contribution in [0.1, 0.15) is 29.6 Å². The number of aldehydes is 1. The van der Waals surface area contributed by atoms with E-state index in [0.29, 0.717) is 35.3 Å². The second-order valence-corrected chi connectivity index (χ2v) is 10.6. The van der Waals surface area contributed by atoms with Gasteiger partial charge in [0.2, 0.25) is 5.91 Å². The number of ether oxygens (including phenoxy) is 1. The van der Waals surface area contributed by atoms with Gasteiger partial charge >= 0.3 is 0 Å². The molecule has 2 aromatic carbocycles. The van der Waals surface area contributed by atoms with Crippen LogP contribution in [-0.4, -0.2) is 49.8 Å². The number of anilines is 2. The molecule has 1 saturated heterocycles. The van der Waals surface area contributed by atoms with Crippen molar-refractivity contribution in [3.8, 4) is 0 Å². The molecule has 6 nitrogen and oxygen atoms in total. The zero-order chi connectivity index (χ0) is 25.2. The quantitative estimate of drug-likeness (QED) is 0.0970. The topological polar surface area (TPSA) is 70.7 Å². The van der Waals surface area contributed by atoms with Crippen LogP contribution in [0.4, 0.5) is 11.4 Å². The fourth-order valence-electron chi connectivity index (χ4n) is 4.04. The highest BCUT2D eigenvalue weighted by Crippen LogP contribution is 2.35. The van der Waals surface area contributed by atoms with Gasteiger partial charge in [-0.2, -0.15) is 0 Å². The molecule has 1 aliphatic rings. The SMILES string of the molecule is COCCCNc1ccc(NC(=O)C2CCCN(SC(/C=C/Cl)=C(/S)Cl)C2)c2cccc(C=O)c12. The van der Waals surface area contributed by atoms with Gasteiger partial charge in [-0.15, -0.1) is 12.6 Å². The number of methoxy groups -OCH3 is 1. The molecular weight excluding hydrogens is 525 g/mol. The third-order valence-corrected chi connectivity index (χ3v) is 7.66. The van der Waals surface area contributed by atoms with E-state index in [1.54, 1.807) is 19.3 Å². The summed E-state index contributed by atoms with van der Waals surface area (Å²) >= 11 is 17.4. The van der Waals surface area contributed by atoms with Gasteiger partial charge in [-0.05, 0) is 49.4 Å². The van der Waals surface area contributed by atoms with Crippen molar-refractivity contribution in [2.75, 3.05) is 44.0 Å². The number of fused-ring (bicyclic) bond motifs is 1. The van der Waals surface area contributed by atoms with Gasteiger partial charge in [0, 0.05) is 71.5 Å². The summed E-state index contributed by atoms with van der Waals surface area (Å²) < 4.78 is 7.57. The van der Waals surface area contributed by atoms with Crippen molar-refractivity contribution in [2.24, 2.45) is 5.92 Å². The van der Waals surface area contributed by atoms with Crippen molar-refractivity contribution in [2.45, 2.75) is 19.3 Å². The van der Waals surface area contributed by atoms with Crippen molar-refractivity contribution < 1.29 is 14.3 Å². The number of allylic oxidation sites excluding steroid dienone is 1. The summed E-state index contributed by atoms with van der Waals surface area (Å²) in [6.07, 6.45) is 5.04. The number of rotatable bonds is 11. The summed E-state index contributed by atoms with van der Waals surface area (Å²) in [5.41, 5.74) is 3.50. The van der Waals surface area contributed by atoms with Gasteiger partial charge in [-0.25, -0.2) is 4.31 Å². The Morgan fingerprint density at radius 1 is 1.31 bits per heavy atom. The van der Waals surface area contributed by atoms with Crippen LogP contribution in [0, 0.1) is 5.92 Å². The predicted octanol–water partition coefficient (Wildman–Crippen LogP) is 6.49. The lowest BCUT2D eigenvalue weighted by molar-refractivity contribution is -0.120. The summed E-state index contributed by atoms with van der Waals surface area (Å²) in [5.74, 6) is -0.239. The van der Waals surface area contributed by atoms with Crippen LogP contribution in [0.2, 0.25) is 0 Å². The number of nitrogens with zero attached hydrogens (tertiary/aromatic N) is 1. The van der Waals surface area contributed by atoms with Crippen LogP contribution in [-0.2, 0) is 9.53 Å². The Kier molecular flexibility index (Phi) is 11.3. The minimum Gasteiger partial charge on any atom is -0.385 e. The number of benzene rings is 2. The van der Waals surface area contributed by atoms with Crippen molar-refractivity contribution in [3.05, 3.63) is 56.8 Å². The molecule has 0 aromatic heterocycles. The average molecular weight is 555 g/mol. The molecule has 1 aliphatic heterocycles. The van der Waals surface area contributed by atoms with Crippen LogP contribution in [0.5, 0.6) is 0 Å². The van der Waals surface area contributed by atoms with Crippen molar-refractivity contribution >= 4 is 82.1 Å². The van der Waals surface area contributed by atoms with Gasteiger partial charge in [-0.1, -0.05) is 41.4 Å². The van der Waals surface area contributed by atoms with E-state index in [1.807, 2.05) is 24.3 Å². The molecule has 1 amide bonds. The molecule has 2 N–H and O–H groups in total. The van der Waals surface area contributed by atoms with Gasteiger partial charge in [0.1, 0.15) is 0 Å². The maximum absolute atomic E-state index is 13.3. The van der Waals surface area contributed by atoms with Gasteiger partial charge < -0.3 is 15.4 Å². The minimum atomic E-state index is -0.188. The van der Waals surface area contributed by atoms with E-state index in [-0.39, 0.29) is 11.8 Å². The van der Waals surface area contributed by atoms with Crippen molar-refractivity contribution in [1.82, 2.24) is 4.31 Å². The molecule has 1 heterocycles. The van der Waals surface area contributed by atoms with Gasteiger partial charge in [0.15, 0.2) is 6.29 Å². The second kappa shape index (κ2) is 14.2. The molecule has 0 spiro atoms. The van der Waals surface area contributed by atoms with Gasteiger partial charge in [0.25, 0.3) is 0 Å². The Balaban J connectivity index is 1.78. The molecule has 1 fully saturated rings. The van der Waals surface area contributed by atoms with Crippen LogP contribution < -0.4 is 10.6 Å². The smallest absolute Gasteiger partial charge is 0.228 e. The van der Waals surface area contributed by atoms with E-state index in [1.165, 1.54) is 17.5 Å². The van der Waals surface area contributed by atoms with Crippen LogP contribution in [0.3, 0.4) is 0 Å². The molecule has 0 bridgehead atoms. The van der Waals surface area contributed by atoms with Crippen molar-refractivity contribution in [3.63, 3.8) is 0 Å². The fourth-order valence-corrected chi connectivity index (χ4v) is 5.56. The number of hydrogen-bond acceptors (Lipinski definition) is 7. The number of hydrogen-bond donors (Lipinski definition) is 3. The maximum Gasteiger partial charge on any atom is 0.228 e. The molecule has 0 radical (unpaired) electrons. The monoisotopic (exact) mass is 553 g/mol. The maximum atomic E-state index is 13.3. The van der Waals surface area contributed by atoms with E-state index >= 15 is 0 Å². The molecule has 35 heavy (non-hydrogen) atoms. The molecule has 3 rings (SSSR count). The third-order valence-electron chi connectivity index (χ3n) is 5.70. The highest BCUT2D eigenvalue weighted by Gasteiger charge is 2.27. The first-order valence-electron chi connectivity index (χ1n) is 11.3. The number of nitrogens with one attached hydrogen (secondary N) is 2. The molecule has 0 aliphatic carbocycles. The lowest BCUT2D eigenvalue weighted by atomic mass is 9.97. The second-order valence-electron chi connectivity index (χ2n) is 8.08. The van der Waals surface area contributed by atoms with E-state index < -0.39 is 0 Å². The molecule has 188 valence electrons. The summed E-state index contributed by atoms with van der Waals surface area (Å²) in [4.78, 5) is 25.8. The van der Waals surface area contributed by atoms with Crippen LogP contribution >= 0.6 is 47.8 Å². The molecule has 1 unspecified atom stereocenters. The number of halogens is 2. The standard InChI is InChI=1S/C25H29Cl2N3O3S2/c1-33-14-4-12-28-21-9-8-20(19-7-2-5-18(16-31)23(19)21)29-25(32)17-6-3-13-30(15-17)35-22(10-11-26)24(27)34/h2,5,7-11,16-17,28,34H,3-4,6,12-15H2,1H3,(H,29,32)/b11-10+,24-22+. The number of thiol groups is 1. The summed E-state index contributed by atoms with van der Waals surface area (Å²) in [6.45, 7) is 2.77. The first-order valence-corrected chi connectivity index (χ1v) is 13.3. The van der Waals surface area contributed by atoms with E-state index in [9.17, 15) is 9.59 Å². The highest BCUT2D eigenvalue weighted by molar-refractivity contribution is 8.02. The minimum absolute atomic E-state index is 0.0516. The Bertz CT molecular complexity index is 1110. The molecule has 1 atom stereocenters. The first-order chi connectivity index (χ1) is 17.0. The van der Waals surface area contributed by atoms with Gasteiger partial charge in [-0.3, -0.25) is 9.59 Å². The first kappa shape index (κ1) is 27.9. The Hall–Kier alpha value is -1.68. The Morgan fingerprint density at radius 3 is 2.83 bits per heavy atom. The predicted molar refractivity (Wildman–Crippen MR) is 152 cm³/mol. The zero-order valence-electron chi connectivity index (χ0n) is 19.4. The Labute approximate surface area is 226 Å².